The van der Waals surface area contributed by atoms with E-state index >= 15 is 0 Å². The van der Waals surface area contributed by atoms with Crippen LogP contribution in [0.4, 0.5) is 5.69 Å². The van der Waals surface area contributed by atoms with E-state index in [0.29, 0.717) is 17.3 Å². The van der Waals surface area contributed by atoms with Crippen molar-refractivity contribution in [3.63, 3.8) is 0 Å². The van der Waals surface area contributed by atoms with E-state index in [9.17, 15) is 13.2 Å². The van der Waals surface area contributed by atoms with Crippen LogP contribution in [0, 0.1) is 0 Å². The number of amides is 1. The van der Waals surface area contributed by atoms with Gasteiger partial charge in [0, 0.05) is 11.6 Å². The van der Waals surface area contributed by atoms with Crippen LogP contribution in [-0.4, -0.2) is 27.1 Å². The minimum atomic E-state index is -3.60. The zero-order chi connectivity index (χ0) is 16.9. The normalized spacial score (nSPS) is 11.0. The molecular formula is C16H17ClN2O3S. The van der Waals surface area contributed by atoms with Gasteiger partial charge in [-0.15, -0.1) is 0 Å². The van der Waals surface area contributed by atoms with E-state index in [2.05, 4.69) is 5.32 Å². The Morgan fingerprint density at radius 2 is 1.83 bits per heavy atom. The first-order chi connectivity index (χ1) is 10.9. The van der Waals surface area contributed by atoms with E-state index in [-0.39, 0.29) is 12.5 Å². The number of hydrogen-bond acceptors (Lipinski definition) is 3. The molecule has 0 atom stereocenters. The van der Waals surface area contributed by atoms with Crippen LogP contribution in [0.15, 0.2) is 54.6 Å². The molecule has 0 spiro atoms. The zero-order valence-corrected chi connectivity index (χ0v) is 14.1. The van der Waals surface area contributed by atoms with Crippen molar-refractivity contribution in [2.75, 3.05) is 17.1 Å². The molecule has 0 aliphatic rings. The SMILES string of the molecule is CS(=O)(=O)N(CC(=O)NCc1ccccc1)c1cccc(Cl)c1. The van der Waals surface area contributed by atoms with Crippen molar-refractivity contribution in [3.8, 4) is 0 Å². The van der Waals surface area contributed by atoms with Gasteiger partial charge in [-0.2, -0.15) is 0 Å². The van der Waals surface area contributed by atoms with Gasteiger partial charge in [-0.3, -0.25) is 9.10 Å². The minimum Gasteiger partial charge on any atom is -0.350 e. The van der Waals surface area contributed by atoms with Crippen molar-refractivity contribution in [1.29, 1.82) is 0 Å². The fraction of sp³-hybridized carbons (Fsp3) is 0.188. The number of hydrogen-bond donors (Lipinski definition) is 1. The molecule has 0 radical (unpaired) electrons. The third-order valence-corrected chi connectivity index (χ3v) is 4.49. The van der Waals surface area contributed by atoms with Crippen LogP contribution in [0.25, 0.3) is 0 Å². The van der Waals surface area contributed by atoms with Gasteiger partial charge >= 0.3 is 0 Å². The molecule has 0 aliphatic carbocycles. The summed E-state index contributed by atoms with van der Waals surface area (Å²) in [6.45, 7) is 0.0405. The van der Waals surface area contributed by atoms with Crippen molar-refractivity contribution in [3.05, 3.63) is 65.2 Å². The number of carbonyl (C=O) groups is 1. The predicted molar refractivity (Wildman–Crippen MR) is 91.9 cm³/mol. The summed E-state index contributed by atoms with van der Waals surface area (Å²) in [5, 5.41) is 3.11. The summed E-state index contributed by atoms with van der Waals surface area (Å²) in [6, 6.07) is 15.8. The molecule has 122 valence electrons. The highest BCUT2D eigenvalue weighted by atomic mass is 35.5. The molecule has 0 unspecified atom stereocenters. The van der Waals surface area contributed by atoms with Crippen molar-refractivity contribution >= 4 is 33.2 Å². The highest BCUT2D eigenvalue weighted by molar-refractivity contribution is 7.92. The predicted octanol–water partition coefficient (Wildman–Crippen LogP) is 2.42. The van der Waals surface area contributed by atoms with Gasteiger partial charge in [0.2, 0.25) is 15.9 Å². The van der Waals surface area contributed by atoms with Gasteiger partial charge in [0.25, 0.3) is 0 Å². The van der Waals surface area contributed by atoms with E-state index in [1.54, 1.807) is 18.2 Å². The second-order valence-electron chi connectivity index (χ2n) is 5.01. The summed E-state index contributed by atoms with van der Waals surface area (Å²) in [5.74, 6) is -0.390. The van der Waals surface area contributed by atoms with Gasteiger partial charge < -0.3 is 5.32 Å². The molecule has 2 aromatic rings. The Bertz CT molecular complexity index is 779. The standard InChI is InChI=1S/C16H17ClN2O3S/c1-23(21,22)19(15-9-5-8-14(17)10-15)12-16(20)18-11-13-6-3-2-4-7-13/h2-10H,11-12H2,1H3,(H,18,20). The lowest BCUT2D eigenvalue weighted by Crippen LogP contribution is -2.40. The van der Waals surface area contributed by atoms with Crippen LogP contribution >= 0.6 is 11.6 Å². The second-order valence-corrected chi connectivity index (χ2v) is 7.36. The molecule has 0 aliphatic heterocycles. The highest BCUT2D eigenvalue weighted by Crippen LogP contribution is 2.21. The summed E-state index contributed by atoms with van der Waals surface area (Å²) < 4.78 is 24.9. The molecule has 23 heavy (non-hydrogen) atoms. The summed E-state index contributed by atoms with van der Waals surface area (Å²) in [6.07, 6.45) is 1.05. The summed E-state index contributed by atoms with van der Waals surface area (Å²) in [7, 11) is -3.60. The first-order valence-corrected chi connectivity index (χ1v) is 9.13. The van der Waals surface area contributed by atoms with Gasteiger partial charge in [-0.05, 0) is 23.8 Å². The molecule has 2 rings (SSSR count). The molecule has 0 aromatic heterocycles. The Morgan fingerprint density at radius 1 is 1.13 bits per heavy atom. The number of anilines is 1. The molecule has 0 bridgehead atoms. The number of halogens is 1. The molecule has 7 heteroatoms. The number of rotatable bonds is 6. The first kappa shape index (κ1) is 17.3. The van der Waals surface area contributed by atoms with E-state index in [1.807, 2.05) is 30.3 Å². The van der Waals surface area contributed by atoms with Crippen LogP contribution in [-0.2, 0) is 21.4 Å². The van der Waals surface area contributed by atoms with Gasteiger partial charge in [0.1, 0.15) is 6.54 Å². The molecule has 5 nitrogen and oxygen atoms in total. The number of sulfonamides is 1. The lowest BCUT2D eigenvalue weighted by molar-refractivity contribution is -0.119. The molecule has 2 aromatic carbocycles. The molecule has 0 fully saturated rings. The van der Waals surface area contributed by atoms with Crippen molar-refractivity contribution in [2.24, 2.45) is 0 Å². The van der Waals surface area contributed by atoms with Gasteiger partial charge in [0.05, 0.1) is 11.9 Å². The lowest BCUT2D eigenvalue weighted by Gasteiger charge is -2.22. The van der Waals surface area contributed by atoms with E-state index in [4.69, 9.17) is 11.6 Å². The van der Waals surface area contributed by atoms with Crippen LogP contribution in [0.3, 0.4) is 0 Å². The highest BCUT2D eigenvalue weighted by Gasteiger charge is 2.20. The molecular weight excluding hydrogens is 336 g/mol. The Kier molecular flexibility index (Phi) is 5.63. The number of nitrogens with one attached hydrogen (secondary N) is 1. The monoisotopic (exact) mass is 352 g/mol. The number of carbonyl (C=O) groups excluding carboxylic acids is 1. The Hall–Kier alpha value is -2.05. The maximum Gasteiger partial charge on any atom is 0.241 e. The fourth-order valence-corrected chi connectivity index (χ4v) is 3.05. The van der Waals surface area contributed by atoms with Crippen molar-refractivity contribution < 1.29 is 13.2 Å². The number of nitrogens with zero attached hydrogens (tertiary/aromatic N) is 1. The number of benzene rings is 2. The van der Waals surface area contributed by atoms with Crippen LogP contribution in [0.2, 0.25) is 5.02 Å². The molecule has 0 heterocycles. The van der Waals surface area contributed by atoms with Crippen LogP contribution < -0.4 is 9.62 Å². The Labute approximate surface area is 140 Å². The maximum absolute atomic E-state index is 12.1. The molecule has 1 N–H and O–H groups in total. The third kappa shape index (κ3) is 5.26. The first-order valence-electron chi connectivity index (χ1n) is 6.90. The largest absolute Gasteiger partial charge is 0.350 e. The van der Waals surface area contributed by atoms with E-state index in [0.717, 1.165) is 16.1 Å². The maximum atomic E-state index is 12.1. The summed E-state index contributed by atoms with van der Waals surface area (Å²) in [5.41, 5.74) is 1.30. The second kappa shape index (κ2) is 7.48. The zero-order valence-electron chi connectivity index (χ0n) is 12.6. The average Bonchev–Trinajstić information content (AvgIpc) is 2.50. The molecule has 0 saturated heterocycles. The third-order valence-electron chi connectivity index (χ3n) is 3.12. The van der Waals surface area contributed by atoms with E-state index in [1.165, 1.54) is 6.07 Å². The fourth-order valence-electron chi connectivity index (χ4n) is 2.01. The van der Waals surface area contributed by atoms with Gasteiger partial charge in [-0.25, -0.2) is 8.42 Å². The van der Waals surface area contributed by atoms with Gasteiger partial charge in [-0.1, -0.05) is 48.0 Å². The van der Waals surface area contributed by atoms with Crippen LogP contribution in [0.1, 0.15) is 5.56 Å². The van der Waals surface area contributed by atoms with Crippen LogP contribution in [0.5, 0.6) is 0 Å². The van der Waals surface area contributed by atoms with Crippen molar-refractivity contribution in [1.82, 2.24) is 5.32 Å². The summed E-state index contributed by atoms with van der Waals surface area (Å²) in [4.78, 5) is 12.1. The quantitative estimate of drug-likeness (QED) is 0.868. The smallest absolute Gasteiger partial charge is 0.241 e. The minimum absolute atomic E-state index is 0.300. The van der Waals surface area contributed by atoms with Gasteiger partial charge in [0.15, 0.2) is 0 Å². The molecule has 1 amide bonds. The average molecular weight is 353 g/mol. The topological polar surface area (TPSA) is 66.5 Å². The van der Waals surface area contributed by atoms with Crippen molar-refractivity contribution in [2.45, 2.75) is 6.54 Å². The lowest BCUT2D eigenvalue weighted by atomic mass is 10.2. The Balaban J connectivity index is 2.08. The Morgan fingerprint density at radius 3 is 2.43 bits per heavy atom. The molecule has 0 saturated carbocycles. The summed E-state index contributed by atoms with van der Waals surface area (Å²) >= 11 is 5.89. The van der Waals surface area contributed by atoms with E-state index < -0.39 is 10.0 Å².